The first-order chi connectivity index (χ1) is 27.2. The first kappa shape index (κ1) is 52.6. The number of allylic oxidation sites excluding steroid dienone is 13. The fourth-order valence-electron chi connectivity index (χ4n) is 6.55. The van der Waals surface area contributed by atoms with E-state index >= 15 is 0 Å². The molecule has 316 valence electrons. The number of amides is 1. The van der Waals surface area contributed by atoms with Crippen LogP contribution in [0.4, 0.5) is 0 Å². The average molecular weight is 764 g/mol. The third kappa shape index (κ3) is 42.6. The smallest absolute Gasteiger partial charge is 0.220 e. The number of aliphatic hydroxyl groups is 2. The largest absolute Gasteiger partial charge is 0.394 e. The highest BCUT2D eigenvalue weighted by atomic mass is 16.3. The van der Waals surface area contributed by atoms with Gasteiger partial charge in [-0.05, 0) is 83.5 Å². The molecule has 0 saturated carbocycles. The summed E-state index contributed by atoms with van der Waals surface area (Å²) < 4.78 is 0. The van der Waals surface area contributed by atoms with Crippen molar-refractivity contribution < 1.29 is 15.0 Å². The number of carbonyl (C=O) groups is 1. The molecule has 55 heavy (non-hydrogen) atoms. The molecule has 0 rings (SSSR count). The average Bonchev–Trinajstić information content (AvgIpc) is 3.19. The molecule has 0 aliphatic heterocycles. The molecule has 2 unspecified atom stereocenters. The van der Waals surface area contributed by atoms with E-state index in [1.807, 2.05) is 6.08 Å². The predicted molar refractivity (Wildman–Crippen MR) is 243 cm³/mol. The zero-order valence-electron chi connectivity index (χ0n) is 36.2. The van der Waals surface area contributed by atoms with E-state index in [0.29, 0.717) is 6.42 Å². The van der Waals surface area contributed by atoms with E-state index in [0.717, 1.165) is 64.2 Å². The molecule has 3 N–H and O–H groups in total. The predicted octanol–water partition coefficient (Wildman–Crippen LogP) is 14.9. The Morgan fingerprint density at radius 2 is 0.818 bits per heavy atom. The lowest BCUT2D eigenvalue weighted by Crippen LogP contribution is -2.45. The minimum absolute atomic E-state index is 0.0813. The van der Waals surface area contributed by atoms with Crippen LogP contribution in [-0.4, -0.2) is 34.9 Å². The van der Waals surface area contributed by atoms with Crippen molar-refractivity contribution in [2.75, 3.05) is 6.61 Å². The summed E-state index contributed by atoms with van der Waals surface area (Å²) >= 11 is 0. The maximum absolute atomic E-state index is 12.4. The molecule has 0 aliphatic rings. The SMILES string of the molecule is CC/C=C\C/C=C\C/C=C\C/C=C\CCCCCCCCCCCCCCCCCCC(=O)NC(CO)C(O)/C=C/CC/C=C/CC/C=C/CCCCCC. The van der Waals surface area contributed by atoms with Gasteiger partial charge in [-0.2, -0.15) is 0 Å². The highest BCUT2D eigenvalue weighted by molar-refractivity contribution is 5.76. The van der Waals surface area contributed by atoms with E-state index in [1.54, 1.807) is 6.08 Å². The highest BCUT2D eigenvalue weighted by Gasteiger charge is 2.17. The zero-order chi connectivity index (χ0) is 40.0. The minimum atomic E-state index is -0.872. The van der Waals surface area contributed by atoms with Crippen LogP contribution in [-0.2, 0) is 4.79 Å². The van der Waals surface area contributed by atoms with E-state index in [2.05, 4.69) is 92.1 Å². The van der Waals surface area contributed by atoms with Crippen molar-refractivity contribution in [1.82, 2.24) is 5.32 Å². The monoisotopic (exact) mass is 764 g/mol. The van der Waals surface area contributed by atoms with Gasteiger partial charge >= 0.3 is 0 Å². The molecule has 0 aromatic rings. The standard InChI is InChI=1S/C51H89NO3/c1-3-5-7-9-11-13-15-17-19-20-21-22-23-24-25-26-27-28-29-30-31-32-33-35-37-39-41-43-45-47-51(55)52-49(48-53)50(54)46-44-42-40-38-36-34-18-16-14-12-10-8-6-4-2/h5,7,11,13-14,16-17,19,21-22,36,38,44,46,49-50,53-54H,3-4,6,8-10,12,15,18,20,23-35,37,39-43,45,47-48H2,1-2H3,(H,52,55)/b7-5-,13-11-,16-14+,19-17-,22-21-,38-36+,46-44+. The molecule has 0 fully saturated rings. The fraction of sp³-hybridized carbons (Fsp3) is 0.706. The zero-order valence-corrected chi connectivity index (χ0v) is 36.2. The van der Waals surface area contributed by atoms with Gasteiger partial charge in [0.15, 0.2) is 0 Å². The molecule has 2 atom stereocenters. The lowest BCUT2D eigenvalue weighted by Gasteiger charge is -2.19. The van der Waals surface area contributed by atoms with Crippen LogP contribution in [0.15, 0.2) is 85.1 Å². The second-order valence-corrected chi connectivity index (χ2v) is 15.4. The molecule has 0 heterocycles. The lowest BCUT2D eigenvalue weighted by molar-refractivity contribution is -0.123. The second kappa shape index (κ2) is 46.0. The number of aliphatic hydroxyl groups excluding tert-OH is 2. The van der Waals surface area contributed by atoms with Gasteiger partial charge in [-0.25, -0.2) is 0 Å². The summed E-state index contributed by atoms with van der Waals surface area (Å²) in [7, 11) is 0. The number of hydrogen-bond donors (Lipinski definition) is 3. The number of carbonyl (C=O) groups excluding carboxylic acids is 1. The van der Waals surface area contributed by atoms with Crippen molar-refractivity contribution in [3.63, 3.8) is 0 Å². The van der Waals surface area contributed by atoms with Gasteiger partial charge in [0, 0.05) is 6.42 Å². The van der Waals surface area contributed by atoms with Crippen molar-refractivity contribution in [3.05, 3.63) is 85.1 Å². The Labute approximate surface area is 341 Å². The Kier molecular flexibility index (Phi) is 43.9. The summed E-state index contributed by atoms with van der Waals surface area (Å²) in [6, 6.07) is -0.648. The van der Waals surface area contributed by atoms with Gasteiger partial charge in [0.05, 0.1) is 18.8 Å². The summed E-state index contributed by atoms with van der Waals surface area (Å²) in [5.41, 5.74) is 0. The van der Waals surface area contributed by atoms with Gasteiger partial charge in [0.1, 0.15) is 0 Å². The van der Waals surface area contributed by atoms with Crippen LogP contribution in [0.3, 0.4) is 0 Å². The molecule has 0 radical (unpaired) electrons. The molecular weight excluding hydrogens is 675 g/mol. The van der Waals surface area contributed by atoms with Gasteiger partial charge in [0.25, 0.3) is 0 Å². The Balaban J connectivity index is 3.56. The van der Waals surface area contributed by atoms with Crippen LogP contribution in [0.25, 0.3) is 0 Å². The number of hydrogen-bond acceptors (Lipinski definition) is 3. The maximum atomic E-state index is 12.4. The summed E-state index contributed by atoms with van der Waals surface area (Å²) in [6.07, 6.45) is 67.0. The molecule has 0 aromatic heterocycles. The minimum Gasteiger partial charge on any atom is -0.394 e. The van der Waals surface area contributed by atoms with Crippen LogP contribution >= 0.6 is 0 Å². The number of rotatable bonds is 41. The first-order valence-electron chi connectivity index (χ1n) is 23.3. The Hall–Kier alpha value is -2.43. The van der Waals surface area contributed by atoms with E-state index in [-0.39, 0.29) is 12.5 Å². The topological polar surface area (TPSA) is 69.6 Å². The van der Waals surface area contributed by atoms with E-state index < -0.39 is 12.1 Å². The summed E-state index contributed by atoms with van der Waals surface area (Å²) in [4.78, 5) is 12.4. The van der Waals surface area contributed by atoms with Crippen LogP contribution in [0, 0.1) is 0 Å². The number of unbranched alkanes of at least 4 members (excludes halogenated alkanes) is 22. The lowest BCUT2D eigenvalue weighted by atomic mass is 10.0. The van der Waals surface area contributed by atoms with Crippen molar-refractivity contribution in [1.29, 1.82) is 0 Å². The Bertz CT molecular complexity index is 1000. The molecular formula is C51H89NO3. The molecule has 0 spiro atoms. The van der Waals surface area contributed by atoms with Crippen LogP contribution in [0.1, 0.15) is 213 Å². The molecule has 0 bridgehead atoms. The first-order valence-corrected chi connectivity index (χ1v) is 23.3. The molecule has 4 nitrogen and oxygen atoms in total. The van der Waals surface area contributed by atoms with Gasteiger partial charge < -0.3 is 15.5 Å². The molecule has 4 heteroatoms. The summed E-state index contributed by atoms with van der Waals surface area (Å²) in [6.45, 7) is 4.15. The van der Waals surface area contributed by atoms with Crippen molar-refractivity contribution in [2.24, 2.45) is 0 Å². The van der Waals surface area contributed by atoms with Crippen LogP contribution < -0.4 is 5.32 Å². The van der Waals surface area contributed by atoms with Crippen molar-refractivity contribution in [2.45, 2.75) is 225 Å². The quantitative estimate of drug-likeness (QED) is 0.0429. The van der Waals surface area contributed by atoms with E-state index in [4.69, 9.17) is 0 Å². The normalized spacial score (nSPS) is 13.7. The molecule has 0 aliphatic carbocycles. The Morgan fingerprint density at radius 1 is 0.455 bits per heavy atom. The molecule has 0 aromatic carbocycles. The van der Waals surface area contributed by atoms with Crippen molar-refractivity contribution >= 4 is 5.91 Å². The van der Waals surface area contributed by atoms with Gasteiger partial charge in [0.2, 0.25) is 5.91 Å². The van der Waals surface area contributed by atoms with Gasteiger partial charge in [-0.1, -0.05) is 208 Å². The van der Waals surface area contributed by atoms with Crippen molar-refractivity contribution in [3.8, 4) is 0 Å². The highest BCUT2D eigenvalue weighted by Crippen LogP contribution is 2.15. The van der Waals surface area contributed by atoms with Gasteiger partial charge in [-0.3, -0.25) is 4.79 Å². The summed E-state index contributed by atoms with van der Waals surface area (Å²) in [5.74, 6) is -0.0813. The second-order valence-electron chi connectivity index (χ2n) is 15.4. The third-order valence-corrected chi connectivity index (χ3v) is 10.1. The van der Waals surface area contributed by atoms with E-state index in [9.17, 15) is 15.0 Å². The number of nitrogens with one attached hydrogen (secondary N) is 1. The molecule has 0 saturated heterocycles. The Morgan fingerprint density at radius 3 is 1.27 bits per heavy atom. The summed E-state index contributed by atoms with van der Waals surface area (Å²) in [5, 5.41) is 23.0. The molecule has 1 amide bonds. The van der Waals surface area contributed by atoms with Crippen LogP contribution in [0.5, 0.6) is 0 Å². The fourth-order valence-corrected chi connectivity index (χ4v) is 6.55. The van der Waals surface area contributed by atoms with E-state index in [1.165, 1.54) is 128 Å². The van der Waals surface area contributed by atoms with Crippen LogP contribution in [0.2, 0.25) is 0 Å². The van der Waals surface area contributed by atoms with Gasteiger partial charge in [-0.15, -0.1) is 0 Å². The maximum Gasteiger partial charge on any atom is 0.220 e. The third-order valence-electron chi connectivity index (χ3n) is 10.1.